The van der Waals surface area contributed by atoms with Gasteiger partial charge in [0.1, 0.15) is 0 Å². The first-order chi connectivity index (χ1) is 11.6. The normalized spacial score (nSPS) is 25.6. The molecule has 24 heavy (non-hydrogen) atoms. The Labute approximate surface area is 138 Å². The fourth-order valence-corrected chi connectivity index (χ4v) is 2.95. The van der Waals surface area contributed by atoms with E-state index in [4.69, 9.17) is 14.2 Å². The minimum atomic E-state index is -0.707. The van der Waals surface area contributed by atoms with Gasteiger partial charge in [-0.25, -0.2) is 14.5 Å². The number of ether oxygens (including phenoxy) is 3. The predicted molar refractivity (Wildman–Crippen MR) is 81.7 cm³/mol. The first-order valence-electron chi connectivity index (χ1n) is 7.45. The molecule has 1 aromatic heterocycles. The number of hydrogen-bond donors (Lipinski definition) is 1. The number of cyclic esters (lactones) is 1. The molecule has 0 radical (unpaired) electrons. The van der Waals surface area contributed by atoms with Gasteiger partial charge in [-0.1, -0.05) is 6.08 Å². The van der Waals surface area contributed by atoms with E-state index in [0.29, 0.717) is 18.5 Å². The number of nitrogens with zero attached hydrogens (tertiary/aromatic N) is 3. The van der Waals surface area contributed by atoms with E-state index < -0.39 is 24.3 Å². The summed E-state index contributed by atoms with van der Waals surface area (Å²) in [5.41, 5.74) is 0.423. The van der Waals surface area contributed by atoms with Crippen molar-refractivity contribution in [3.05, 3.63) is 24.4 Å². The third kappa shape index (κ3) is 2.72. The van der Waals surface area contributed by atoms with E-state index >= 15 is 0 Å². The largest absolute Gasteiger partial charge is 0.481 e. The molecule has 2 aliphatic heterocycles. The molecule has 0 saturated carbocycles. The van der Waals surface area contributed by atoms with E-state index in [9.17, 15) is 9.59 Å². The molecule has 1 N–H and O–H groups in total. The number of carbonyl (C=O) groups is 2. The number of amides is 3. The summed E-state index contributed by atoms with van der Waals surface area (Å²) in [6.07, 6.45) is 1.46. The van der Waals surface area contributed by atoms with Crippen molar-refractivity contribution >= 4 is 12.1 Å². The van der Waals surface area contributed by atoms with Gasteiger partial charge in [0.25, 0.3) is 0 Å². The van der Waals surface area contributed by atoms with Crippen molar-refractivity contribution in [1.29, 1.82) is 0 Å². The molecule has 128 valence electrons. The number of hydrogen-bond acceptors (Lipinski definition) is 7. The first-order valence-corrected chi connectivity index (χ1v) is 7.45. The molecule has 2 aliphatic rings. The summed E-state index contributed by atoms with van der Waals surface area (Å²) in [7, 11) is 2.90. The van der Waals surface area contributed by atoms with Gasteiger partial charge in [0.15, 0.2) is 6.10 Å². The van der Waals surface area contributed by atoms with Crippen molar-refractivity contribution in [2.75, 3.05) is 14.2 Å². The van der Waals surface area contributed by atoms with Gasteiger partial charge in [0, 0.05) is 12.1 Å². The molecule has 1 aromatic rings. The van der Waals surface area contributed by atoms with Gasteiger partial charge in [-0.15, -0.1) is 6.58 Å². The van der Waals surface area contributed by atoms with E-state index in [0.717, 1.165) is 4.90 Å². The lowest BCUT2D eigenvalue weighted by Gasteiger charge is -2.33. The minimum absolute atomic E-state index is 0.0988. The molecule has 0 aromatic carbocycles. The fraction of sp³-hybridized carbons (Fsp3) is 0.467. The lowest BCUT2D eigenvalue weighted by atomic mass is 9.95. The summed E-state index contributed by atoms with van der Waals surface area (Å²) in [5.74, 6) is 0.286. The Morgan fingerprint density at radius 2 is 2.21 bits per heavy atom. The summed E-state index contributed by atoms with van der Waals surface area (Å²) >= 11 is 0. The molecule has 2 fully saturated rings. The first kappa shape index (κ1) is 16.0. The summed E-state index contributed by atoms with van der Waals surface area (Å²) in [4.78, 5) is 33.6. The van der Waals surface area contributed by atoms with Crippen LogP contribution in [0.3, 0.4) is 0 Å². The molecular weight excluding hydrogens is 316 g/mol. The molecule has 3 atom stereocenters. The second-order valence-corrected chi connectivity index (χ2v) is 5.47. The predicted octanol–water partition coefficient (Wildman–Crippen LogP) is 1.41. The Kier molecular flexibility index (Phi) is 4.24. The maximum atomic E-state index is 12.2. The minimum Gasteiger partial charge on any atom is -0.481 e. The third-order valence-corrected chi connectivity index (χ3v) is 4.01. The van der Waals surface area contributed by atoms with Crippen LogP contribution in [0, 0.1) is 0 Å². The highest BCUT2D eigenvalue weighted by atomic mass is 16.6. The van der Waals surface area contributed by atoms with Gasteiger partial charge in [-0.2, -0.15) is 9.97 Å². The Balaban J connectivity index is 1.94. The standard InChI is InChI=1S/C15H18N4O5/c1-4-5-8-6-10-12(24-15(21)19(10)14(20)16-8)9-7-11(22-2)18-13(17-9)23-3/h4,7-8,10,12H,1,5-6H2,2-3H3,(H,16,20)/t8-,10-,12+/m1/s1. The second-order valence-electron chi connectivity index (χ2n) is 5.47. The molecule has 9 heteroatoms. The van der Waals surface area contributed by atoms with Crippen molar-refractivity contribution in [3.63, 3.8) is 0 Å². The molecule has 3 amide bonds. The molecule has 0 spiro atoms. The number of imide groups is 1. The molecule has 0 aliphatic carbocycles. The molecule has 0 bridgehead atoms. The van der Waals surface area contributed by atoms with Gasteiger partial charge in [-0.3, -0.25) is 0 Å². The van der Waals surface area contributed by atoms with Crippen molar-refractivity contribution in [1.82, 2.24) is 20.2 Å². The van der Waals surface area contributed by atoms with Crippen LogP contribution in [-0.2, 0) is 4.74 Å². The fourth-order valence-electron chi connectivity index (χ4n) is 2.95. The Morgan fingerprint density at radius 3 is 2.88 bits per heavy atom. The van der Waals surface area contributed by atoms with Gasteiger partial charge in [0.2, 0.25) is 5.88 Å². The van der Waals surface area contributed by atoms with Gasteiger partial charge >= 0.3 is 18.1 Å². The van der Waals surface area contributed by atoms with Crippen LogP contribution >= 0.6 is 0 Å². The quantitative estimate of drug-likeness (QED) is 0.812. The highest BCUT2D eigenvalue weighted by Crippen LogP contribution is 2.37. The smallest absolute Gasteiger partial charge is 0.419 e. The van der Waals surface area contributed by atoms with E-state index in [2.05, 4.69) is 21.9 Å². The molecule has 9 nitrogen and oxygen atoms in total. The monoisotopic (exact) mass is 334 g/mol. The number of methoxy groups -OCH3 is 2. The van der Waals surface area contributed by atoms with E-state index in [-0.39, 0.29) is 17.9 Å². The molecule has 2 saturated heterocycles. The topological polar surface area (TPSA) is 103 Å². The second kappa shape index (κ2) is 6.34. The molecular formula is C15H18N4O5. The summed E-state index contributed by atoms with van der Waals surface area (Å²) < 4.78 is 15.6. The number of nitrogens with one attached hydrogen (secondary N) is 1. The van der Waals surface area contributed by atoms with Crippen LogP contribution in [0.25, 0.3) is 0 Å². The molecule has 3 heterocycles. The van der Waals surface area contributed by atoms with E-state index in [1.807, 2.05) is 0 Å². The van der Waals surface area contributed by atoms with E-state index in [1.54, 1.807) is 12.1 Å². The van der Waals surface area contributed by atoms with Crippen LogP contribution in [0.15, 0.2) is 18.7 Å². The summed E-state index contributed by atoms with van der Waals surface area (Å²) in [5, 5.41) is 2.77. The SMILES string of the molecule is C=CC[C@@H]1C[C@@H]2[C@H](c3cc(OC)nc(OC)n3)OC(=O)N2C(=O)N1. The number of carbonyl (C=O) groups excluding carboxylic acids is 2. The summed E-state index contributed by atoms with van der Waals surface area (Å²) in [6.45, 7) is 3.69. The average molecular weight is 334 g/mol. The molecule has 3 rings (SSSR count). The third-order valence-electron chi connectivity index (χ3n) is 4.01. The zero-order chi connectivity index (χ0) is 17.3. The van der Waals surface area contributed by atoms with Gasteiger partial charge < -0.3 is 19.5 Å². The van der Waals surface area contributed by atoms with Crippen molar-refractivity contribution in [2.45, 2.75) is 31.0 Å². The summed E-state index contributed by atoms with van der Waals surface area (Å²) in [6, 6.07) is 0.624. The van der Waals surface area contributed by atoms with Crippen molar-refractivity contribution in [2.24, 2.45) is 0 Å². The zero-order valence-electron chi connectivity index (χ0n) is 13.4. The molecule has 0 unspecified atom stereocenters. The lowest BCUT2D eigenvalue weighted by Crippen LogP contribution is -2.56. The Hall–Kier alpha value is -2.84. The van der Waals surface area contributed by atoms with Crippen LogP contribution in [0.4, 0.5) is 9.59 Å². The van der Waals surface area contributed by atoms with Gasteiger partial charge in [0.05, 0.1) is 26.0 Å². The maximum absolute atomic E-state index is 12.2. The van der Waals surface area contributed by atoms with Crippen molar-refractivity contribution < 1.29 is 23.8 Å². The highest BCUT2D eigenvalue weighted by molar-refractivity contribution is 5.93. The van der Waals surface area contributed by atoms with E-state index in [1.165, 1.54) is 14.2 Å². The average Bonchev–Trinajstić information content (AvgIpc) is 2.91. The lowest BCUT2D eigenvalue weighted by molar-refractivity contribution is 0.126. The number of aromatic nitrogens is 2. The zero-order valence-corrected chi connectivity index (χ0v) is 13.4. The van der Waals surface area contributed by atoms with Crippen LogP contribution in [0.1, 0.15) is 24.6 Å². The maximum Gasteiger partial charge on any atom is 0.419 e. The van der Waals surface area contributed by atoms with Crippen LogP contribution in [0.5, 0.6) is 11.9 Å². The van der Waals surface area contributed by atoms with Crippen LogP contribution < -0.4 is 14.8 Å². The number of urea groups is 1. The van der Waals surface area contributed by atoms with Crippen LogP contribution in [0.2, 0.25) is 0 Å². The van der Waals surface area contributed by atoms with Crippen molar-refractivity contribution in [3.8, 4) is 11.9 Å². The number of rotatable bonds is 5. The van der Waals surface area contributed by atoms with Crippen LogP contribution in [-0.4, -0.2) is 53.3 Å². The Morgan fingerprint density at radius 1 is 1.42 bits per heavy atom. The Bertz CT molecular complexity index is 658. The van der Waals surface area contributed by atoms with Gasteiger partial charge in [-0.05, 0) is 12.8 Å². The number of fused-ring (bicyclic) bond motifs is 1. The highest BCUT2D eigenvalue weighted by Gasteiger charge is 2.50.